The van der Waals surface area contributed by atoms with Crippen LogP contribution < -0.4 is 10.6 Å². The molecular formula is C33H41F2N5O5. The van der Waals surface area contributed by atoms with E-state index in [-0.39, 0.29) is 43.2 Å². The zero-order valence-electron chi connectivity index (χ0n) is 26.3. The first-order valence-electron chi connectivity index (χ1n) is 15.3. The zero-order chi connectivity index (χ0) is 32.8. The predicted octanol–water partition coefficient (Wildman–Crippen LogP) is 2.65. The first-order valence-corrected chi connectivity index (χ1v) is 15.3. The van der Waals surface area contributed by atoms with Gasteiger partial charge in [0.15, 0.2) is 0 Å². The van der Waals surface area contributed by atoms with Crippen molar-refractivity contribution in [2.45, 2.75) is 64.3 Å². The molecule has 4 amide bonds. The largest absolute Gasteiger partial charge is 0.388 e. The number of carbonyl (C=O) groups is 4. The minimum absolute atomic E-state index is 0.0476. The molecule has 1 spiro atoms. The van der Waals surface area contributed by atoms with Gasteiger partial charge in [0.2, 0.25) is 24.1 Å². The Bertz CT molecular complexity index is 1420. The molecule has 242 valence electrons. The lowest BCUT2D eigenvalue weighted by molar-refractivity contribution is -0.149. The molecule has 2 bridgehead atoms. The van der Waals surface area contributed by atoms with E-state index in [1.54, 1.807) is 32.4 Å². The number of rotatable bonds is 5. The molecule has 6 rings (SSSR count). The molecule has 5 aliphatic rings. The summed E-state index contributed by atoms with van der Waals surface area (Å²) in [6.45, 7) is 5.67. The first-order chi connectivity index (χ1) is 21.3. The number of halogens is 2. The summed E-state index contributed by atoms with van der Waals surface area (Å²) < 4.78 is 32.8. The van der Waals surface area contributed by atoms with Crippen LogP contribution in [0.3, 0.4) is 0 Å². The zero-order valence-corrected chi connectivity index (χ0v) is 26.3. The van der Waals surface area contributed by atoms with Crippen molar-refractivity contribution in [2.24, 2.45) is 34.5 Å². The average molecular weight is 626 g/mol. The fraction of sp³-hybridized carbons (Fsp3) is 0.606. The fourth-order valence-corrected chi connectivity index (χ4v) is 8.30. The number of nitrogens with one attached hydrogen (secondary N) is 2. The third-order valence-electron chi connectivity index (χ3n) is 10.2. The van der Waals surface area contributed by atoms with E-state index in [0.717, 1.165) is 0 Å². The number of hydrogen-bond acceptors (Lipinski definition) is 6. The lowest BCUT2D eigenvalue weighted by Gasteiger charge is -2.38. The van der Waals surface area contributed by atoms with E-state index in [0.29, 0.717) is 30.5 Å². The van der Waals surface area contributed by atoms with E-state index in [1.807, 2.05) is 20.8 Å². The summed E-state index contributed by atoms with van der Waals surface area (Å²) in [6.07, 6.45) is 2.26. The maximum atomic E-state index is 15.1. The Hall–Kier alpha value is -3.85. The minimum Gasteiger partial charge on any atom is -0.388 e. The predicted molar refractivity (Wildman–Crippen MR) is 160 cm³/mol. The number of benzene rings is 1. The van der Waals surface area contributed by atoms with E-state index in [9.17, 15) is 28.8 Å². The van der Waals surface area contributed by atoms with Crippen LogP contribution in [0.5, 0.6) is 0 Å². The van der Waals surface area contributed by atoms with Crippen LogP contribution in [0.4, 0.5) is 8.78 Å². The van der Waals surface area contributed by atoms with Gasteiger partial charge in [-0.2, -0.15) is 5.26 Å². The molecule has 9 atom stereocenters. The van der Waals surface area contributed by atoms with E-state index in [4.69, 9.17) is 0 Å². The Balaban J connectivity index is 0.00000128. The molecule has 4 fully saturated rings. The molecule has 3 aliphatic heterocycles. The number of amides is 4. The third-order valence-corrected chi connectivity index (χ3v) is 10.2. The number of carbonyl (C=O) groups excluding carboxylic acids is 4. The molecule has 2 saturated carbocycles. The Kier molecular flexibility index (Phi) is 8.79. The normalized spacial score (nSPS) is 33.6. The molecule has 0 radical (unpaired) electrons. The highest BCUT2D eigenvalue weighted by Crippen LogP contribution is 2.59. The van der Waals surface area contributed by atoms with Crippen molar-refractivity contribution >= 4 is 29.8 Å². The number of nitriles is 1. The van der Waals surface area contributed by atoms with Crippen molar-refractivity contribution in [3.8, 4) is 6.07 Å². The second kappa shape index (κ2) is 12.2. The van der Waals surface area contributed by atoms with Crippen LogP contribution >= 0.6 is 0 Å². The smallest absolute Gasteiger partial charge is 0.246 e. The molecule has 0 aromatic heterocycles. The van der Waals surface area contributed by atoms with Crippen LogP contribution in [-0.4, -0.2) is 85.5 Å². The summed E-state index contributed by atoms with van der Waals surface area (Å²) in [4.78, 5) is 56.2. The van der Waals surface area contributed by atoms with Crippen molar-refractivity contribution < 1.29 is 32.7 Å². The summed E-state index contributed by atoms with van der Waals surface area (Å²) in [5.74, 6) is -2.39. The van der Waals surface area contributed by atoms with E-state index < -0.39 is 58.7 Å². The number of ether oxygens (including phenoxy) is 1. The van der Waals surface area contributed by atoms with Gasteiger partial charge in [0.25, 0.3) is 0 Å². The van der Waals surface area contributed by atoms with Gasteiger partial charge in [0, 0.05) is 39.4 Å². The lowest BCUT2D eigenvalue weighted by atomic mass is 9.77. The van der Waals surface area contributed by atoms with Crippen LogP contribution in [0.1, 0.15) is 45.6 Å². The second-order valence-electron chi connectivity index (χ2n) is 14.1. The molecule has 45 heavy (non-hydrogen) atoms. The van der Waals surface area contributed by atoms with Crippen LogP contribution in [0.2, 0.25) is 0 Å². The van der Waals surface area contributed by atoms with E-state index >= 15 is 4.39 Å². The average Bonchev–Trinajstić information content (AvgIpc) is 3.78. The summed E-state index contributed by atoms with van der Waals surface area (Å²) in [7, 11) is 3.25. The molecule has 1 aromatic carbocycles. The molecule has 2 saturated heterocycles. The van der Waals surface area contributed by atoms with E-state index in [1.165, 1.54) is 21.9 Å². The van der Waals surface area contributed by atoms with Gasteiger partial charge in [-0.25, -0.2) is 8.78 Å². The standard InChI is InChI=1S/C31H35F2N5O4.C2H6O/c1-30(2,3)26(35-15-39)28(41)37-13-21-17-8-20(22(33)9-17)24(21)25(37)27(40)38-14-31(10-19(38)12-34)11-23(36-29(31)42)16-4-6-18(32)7-5-16;1-3-2/h4-7,11,15,17,19-22,24-26H,8-10,13-14H2,1-3H3,(H,35,39)(H,36,42);1-2H3. The molecule has 3 heterocycles. The summed E-state index contributed by atoms with van der Waals surface area (Å²) >= 11 is 0. The minimum atomic E-state index is -1.17. The quantitative estimate of drug-likeness (QED) is 0.484. The Morgan fingerprint density at radius 2 is 1.84 bits per heavy atom. The van der Waals surface area contributed by atoms with Gasteiger partial charge in [0.1, 0.15) is 30.1 Å². The van der Waals surface area contributed by atoms with Crippen LogP contribution in [-0.2, 0) is 23.9 Å². The van der Waals surface area contributed by atoms with Crippen LogP contribution in [0, 0.1) is 51.6 Å². The highest BCUT2D eigenvalue weighted by molar-refractivity contribution is 6.00. The first kappa shape index (κ1) is 32.5. The number of fused-ring (bicyclic) bond motifs is 5. The van der Waals surface area contributed by atoms with Gasteiger partial charge in [-0.1, -0.05) is 20.8 Å². The number of methoxy groups -OCH3 is 1. The van der Waals surface area contributed by atoms with Gasteiger partial charge >= 0.3 is 0 Å². The van der Waals surface area contributed by atoms with Crippen molar-refractivity contribution in [2.75, 3.05) is 27.3 Å². The van der Waals surface area contributed by atoms with Gasteiger partial charge in [0.05, 0.1) is 11.5 Å². The van der Waals surface area contributed by atoms with Crippen molar-refractivity contribution in [1.82, 2.24) is 20.4 Å². The fourth-order valence-electron chi connectivity index (χ4n) is 8.30. The SMILES string of the molecule is CC(C)(C)C(NC=O)C(=O)N1CC2C3CC(F)C(C3)C2C1C(=O)N1CC2(C=C(c3ccc(F)cc3)NC2=O)CC1C#N.COC. The molecule has 12 heteroatoms. The molecule has 2 N–H and O–H groups in total. The molecule has 10 nitrogen and oxygen atoms in total. The molecular weight excluding hydrogens is 584 g/mol. The van der Waals surface area contributed by atoms with Crippen LogP contribution in [0.15, 0.2) is 30.3 Å². The maximum Gasteiger partial charge on any atom is 0.246 e. The van der Waals surface area contributed by atoms with Crippen LogP contribution in [0.25, 0.3) is 5.70 Å². The third kappa shape index (κ3) is 5.60. The molecule has 2 aliphatic carbocycles. The Morgan fingerprint density at radius 1 is 1.18 bits per heavy atom. The maximum absolute atomic E-state index is 15.1. The van der Waals surface area contributed by atoms with Gasteiger partial charge in [-0.15, -0.1) is 0 Å². The number of hydrogen-bond donors (Lipinski definition) is 2. The monoisotopic (exact) mass is 625 g/mol. The van der Waals surface area contributed by atoms with Gasteiger partial charge in [-0.05, 0) is 77.8 Å². The number of likely N-dealkylation sites (tertiary alicyclic amines) is 2. The van der Waals surface area contributed by atoms with Crippen molar-refractivity contribution in [3.05, 3.63) is 41.7 Å². The number of nitrogens with zero attached hydrogens (tertiary/aromatic N) is 3. The topological polar surface area (TPSA) is 132 Å². The highest BCUT2D eigenvalue weighted by Gasteiger charge is 2.65. The second-order valence-corrected chi connectivity index (χ2v) is 14.1. The van der Waals surface area contributed by atoms with E-state index in [2.05, 4.69) is 21.4 Å². The summed E-state index contributed by atoms with van der Waals surface area (Å²) in [5.41, 5.74) is -0.745. The molecule has 1 aromatic rings. The van der Waals surface area contributed by atoms with Gasteiger partial charge in [-0.3, -0.25) is 19.2 Å². The van der Waals surface area contributed by atoms with Crippen molar-refractivity contribution in [1.29, 1.82) is 5.26 Å². The highest BCUT2D eigenvalue weighted by atomic mass is 19.1. The van der Waals surface area contributed by atoms with Crippen molar-refractivity contribution in [3.63, 3.8) is 0 Å². The Morgan fingerprint density at radius 3 is 2.44 bits per heavy atom. The Labute approximate surface area is 262 Å². The summed E-state index contributed by atoms with van der Waals surface area (Å²) in [5, 5.41) is 15.6. The summed E-state index contributed by atoms with van der Waals surface area (Å²) in [6, 6.07) is 5.01. The molecule has 9 unspecified atom stereocenters. The number of alkyl halides is 1. The lowest BCUT2D eigenvalue weighted by Crippen LogP contribution is -2.58. The van der Waals surface area contributed by atoms with Gasteiger partial charge < -0.3 is 25.2 Å².